The molecule has 7 nitrogen and oxygen atoms in total. The van der Waals surface area contributed by atoms with Gasteiger partial charge in [0.15, 0.2) is 10.7 Å². The zero-order valence-corrected chi connectivity index (χ0v) is 17.7. The van der Waals surface area contributed by atoms with Crippen molar-refractivity contribution in [1.82, 2.24) is 10.3 Å². The van der Waals surface area contributed by atoms with Crippen molar-refractivity contribution >= 4 is 46.1 Å². The van der Waals surface area contributed by atoms with Crippen LogP contribution < -0.4 is 15.4 Å². The second-order valence-corrected chi connectivity index (χ2v) is 7.08. The van der Waals surface area contributed by atoms with Gasteiger partial charge in [0, 0.05) is 23.4 Å². The van der Waals surface area contributed by atoms with Crippen LogP contribution in [0.2, 0.25) is 0 Å². The molecular weight excluding hydrogens is 414 g/mol. The van der Waals surface area contributed by atoms with Crippen LogP contribution in [-0.4, -0.2) is 23.1 Å². The lowest BCUT2D eigenvalue weighted by Gasteiger charge is -2.11. The molecule has 0 aliphatic rings. The van der Waals surface area contributed by atoms with Crippen LogP contribution >= 0.6 is 12.2 Å². The first-order valence-electron chi connectivity index (χ1n) is 9.41. The van der Waals surface area contributed by atoms with E-state index < -0.39 is 0 Å². The predicted molar refractivity (Wildman–Crippen MR) is 123 cm³/mol. The van der Waals surface area contributed by atoms with E-state index in [4.69, 9.17) is 25.8 Å². The summed E-state index contributed by atoms with van der Waals surface area (Å²) in [5, 5.41) is 5.84. The van der Waals surface area contributed by atoms with E-state index >= 15 is 0 Å². The highest BCUT2D eigenvalue weighted by Gasteiger charge is 2.12. The van der Waals surface area contributed by atoms with Gasteiger partial charge in [-0.05, 0) is 67.2 Å². The van der Waals surface area contributed by atoms with Crippen molar-refractivity contribution in [2.24, 2.45) is 0 Å². The SMILES string of the molecule is COc1ccc2oc(-c3ccc(C)c(NC(=S)NC(=O)C=Cc4ccco4)c3)nc2c1. The first-order valence-corrected chi connectivity index (χ1v) is 9.82. The summed E-state index contributed by atoms with van der Waals surface area (Å²) in [6.07, 6.45) is 4.45. The number of thiocarbonyl (C=S) groups is 1. The molecule has 0 saturated carbocycles. The first-order chi connectivity index (χ1) is 15.0. The Labute approximate surface area is 183 Å². The molecular formula is C23H19N3O4S. The van der Waals surface area contributed by atoms with E-state index in [9.17, 15) is 4.79 Å². The van der Waals surface area contributed by atoms with E-state index in [1.807, 2.05) is 43.3 Å². The number of furan rings is 1. The third-order valence-electron chi connectivity index (χ3n) is 4.51. The van der Waals surface area contributed by atoms with Gasteiger partial charge < -0.3 is 18.9 Å². The number of amides is 1. The summed E-state index contributed by atoms with van der Waals surface area (Å²) in [4.78, 5) is 16.6. The van der Waals surface area contributed by atoms with Gasteiger partial charge in [0.1, 0.15) is 17.0 Å². The number of hydrogen-bond acceptors (Lipinski definition) is 6. The van der Waals surface area contributed by atoms with Crippen molar-refractivity contribution in [3.05, 3.63) is 72.2 Å². The molecule has 4 rings (SSSR count). The van der Waals surface area contributed by atoms with Crippen LogP contribution in [-0.2, 0) is 4.79 Å². The average Bonchev–Trinajstić information content (AvgIpc) is 3.42. The highest BCUT2D eigenvalue weighted by atomic mass is 32.1. The van der Waals surface area contributed by atoms with E-state index in [2.05, 4.69) is 15.6 Å². The smallest absolute Gasteiger partial charge is 0.250 e. The minimum Gasteiger partial charge on any atom is -0.497 e. The molecule has 2 aromatic carbocycles. The molecule has 0 bridgehead atoms. The fourth-order valence-corrected chi connectivity index (χ4v) is 3.11. The normalized spacial score (nSPS) is 11.0. The third-order valence-corrected chi connectivity index (χ3v) is 4.71. The fourth-order valence-electron chi connectivity index (χ4n) is 2.90. The van der Waals surface area contributed by atoms with Crippen LogP contribution in [0, 0.1) is 6.92 Å². The van der Waals surface area contributed by atoms with Gasteiger partial charge in [-0.1, -0.05) is 6.07 Å². The second kappa shape index (κ2) is 8.85. The lowest BCUT2D eigenvalue weighted by Crippen LogP contribution is -2.33. The number of hydrogen-bond donors (Lipinski definition) is 2. The highest BCUT2D eigenvalue weighted by Crippen LogP contribution is 2.29. The summed E-state index contributed by atoms with van der Waals surface area (Å²) in [7, 11) is 1.61. The highest BCUT2D eigenvalue weighted by molar-refractivity contribution is 7.80. The molecule has 4 aromatic rings. The van der Waals surface area contributed by atoms with Crippen LogP contribution in [0.3, 0.4) is 0 Å². The van der Waals surface area contributed by atoms with Crippen LogP contribution in [0.25, 0.3) is 28.6 Å². The number of fused-ring (bicyclic) bond motifs is 1. The minimum absolute atomic E-state index is 0.177. The maximum absolute atomic E-state index is 12.1. The van der Waals surface area contributed by atoms with E-state index in [1.54, 1.807) is 25.3 Å². The maximum atomic E-state index is 12.1. The lowest BCUT2D eigenvalue weighted by atomic mass is 10.1. The number of nitrogens with one attached hydrogen (secondary N) is 2. The molecule has 0 unspecified atom stereocenters. The molecule has 0 aliphatic heterocycles. The Morgan fingerprint density at radius 1 is 1.19 bits per heavy atom. The first kappa shape index (κ1) is 20.4. The number of ether oxygens (including phenoxy) is 1. The Hall–Kier alpha value is -3.91. The van der Waals surface area contributed by atoms with Gasteiger partial charge in [-0.3, -0.25) is 10.1 Å². The molecule has 1 amide bonds. The van der Waals surface area contributed by atoms with Gasteiger partial charge in [-0.25, -0.2) is 4.98 Å². The van der Waals surface area contributed by atoms with E-state index in [0.717, 1.165) is 16.8 Å². The molecule has 0 radical (unpaired) electrons. The van der Waals surface area contributed by atoms with E-state index in [-0.39, 0.29) is 11.0 Å². The van der Waals surface area contributed by atoms with Gasteiger partial charge in [-0.2, -0.15) is 0 Å². The second-order valence-electron chi connectivity index (χ2n) is 6.67. The standard InChI is InChI=1S/C23H19N3O4S/c1-14-5-6-15(22-24-19-13-17(28-2)7-9-20(19)30-22)12-18(14)25-23(31)26-21(27)10-8-16-4-3-11-29-16/h3-13H,1-2H3,(H2,25,26,27,31). The van der Waals surface area contributed by atoms with Crippen LogP contribution in [0.1, 0.15) is 11.3 Å². The summed E-state index contributed by atoms with van der Waals surface area (Å²) in [6.45, 7) is 1.93. The summed E-state index contributed by atoms with van der Waals surface area (Å²) in [6, 6.07) is 14.7. The Kier molecular flexibility index (Phi) is 5.81. The van der Waals surface area contributed by atoms with Gasteiger partial charge in [0.2, 0.25) is 11.8 Å². The van der Waals surface area contributed by atoms with Crippen molar-refractivity contribution in [3.63, 3.8) is 0 Å². The van der Waals surface area contributed by atoms with Crippen molar-refractivity contribution in [2.75, 3.05) is 12.4 Å². The molecule has 2 aromatic heterocycles. The zero-order valence-electron chi connectivity index (χ0n) is 16.8. The number of aromatic nitrogens is 1. The molecule has 0 fully saturated rings. The van der Waals surface area contributed by atoms with Gasteiger partial charge >= 0.3 is 0 Å². The van der Waals surface area contributed by atoms with Crippen molar-refractivity contribution in [1.29, 1.82) is 0 Å². The Bertz CT molecular complexity index is 1280. The molecule has 8 heteroatoms. The average molecular weight is 433 g/mol. The van der Waals surface area contributed by atoms with Crippen LogP contribution in [0.5, 0.6) is 5.75 Å². The van der Waals surface area contributed by atoms with Gasteiger partial charge in [0.05, 0.1) is 13.4 Å². The molecule has 0 spiro atoms. The van der Waals surface area contributed by atoms with Gasteiger partial charge in [0.25, 0.3) is 0 Å². The molecule has 31 heavy (non-hydrogen) atoms. The Balaban J connectivity index is 1.48. The molecule has 156 valence electrons. The molecule has 0 aliphatic carbocycles. The summed E-state index contributed by atoms with van der Waals surface area (Å²) in [5.41, 5.74) is 3.82. The van der Waals surface area contributed by atoms with Crippen LogP contribution in [0.4, 0.5) is 5.69 Å². The predicted octanol–water partition coefficient (Wildman–Crippen LogP) is 4.93. The lowest BCUT2D eigenvalue weighted by molar-refractivity contribution is -0.115. The number of anilines is 1. The topological polar surface area (TPSA) is 89.5 Å². The van der Waals surface area contributed by atoms with Crippen molar-refractivity contribution < 1.29 is 18.4 Å². The summed E-state index contributed by atoms with van der Waals surface area (Å²) >= 11 is 5.27. The van der Waals surface area contributed by atoms with Gasteiger partial charge in [-0.15, -0.1) is 0 Å². The van der Waals surface area contributed by atoms with E-state index in [0.29, 0.717) is 28.5 Å². The maximum Gasteiger partial charge on any atom is 0.250 e. The van der Waals surface area contributed by atoms with Crippen molar-refractivity contribution in [3.8, 4) is 17.2 Å². The monoisotopic (exact) mass is 433 g/mol. The summed E-state index contributed by atoms with van der Waals surface area (Å²) in [5.74, 6) is 1.40. The molecule has 0 saturated heterocycles. The third kappa shape index (κ3) is 4.81. The largest absolute Gasteiger partial charge is 0.497 e. The number of aryl methyl sites for hydroxylation is 1. The fraction of sp³-hybridized carbons (Fsp3) is 0.0870. The number of benzene rings is 2. The van der Waals surface area contributed by atoms with Crippen LogP contribution in [0.15, 0.2) is 69.7 Å². The number of rotatable bonds is 5. The Morgan fingerprint density at radius 2 is 2.06 bits per heavy atom. The molecule has 2 N–H and O–H groups in total. The number of methoxy groups -OCH3 is 1. The Morgan fingerprint density at radius 3 is 2.84 bits per heavy atom. The zero-order chi connectivity index (χ0) is 21.8. The van der Waals surface area contributed by atoms with E-state index in [1.165, 1.54) is 12.3 Å². The number of oxazole rings is 1. The number of nitrogens with zero attached hydrogens (tertiary/aromatic N) is 1. The number of carbonyl (C=O) groups is 1. The quantitative estimate of drug-likeness (QED) is 0.341. The number of carbonyl (C=O) groups excluding carboxylic acids is 1. The summed E-state index contributed by atoms with van der Waals surface area (Å²) < 4.78 is 16.3. The molecule has 2 heterocycles. The molecule has 0 atom stereocenters. The van der Waals surface area contributed by atoms with Crippen molar-refractivity contribution in [2.45, 2.75) is 6.92 Å². The minimum atomic E-state index is -0.365.